The molecule has 2 rings (SSSR count). The molecule has 0 saturated heterocycles. The first-order valence-corrected chi connectivity index (χ1v) is 7.32. The molecule has 0 atom stereocenters. The minimum Gasteiger partial charge on any atom is -0.369 e. The van der Waals surface area contributed by atoms with Gasteiger partial charge in [0.05, 0.1) is 12.7 Å². The van der Waals surface area contributed by atoms with E-state index in [9.17, 15) is 4.79 Å². The summed E-state index contributed by atoms with van der Waals surface area (Å²) in [5.74, 6) is 1.32. The molecule has 0 spiro atoms. The summed E-state index contributed by atoms with van der Waals surface area (Å²) in [5.41, 5.74) is 0.709. The summed E-state index contributed by atoms with van der Waals surface area (Å²) in [7, 11) is 0. The summed E-state index contributed by atoms with van der Waals surface area (Å²) in [4.78, 5) is 20.4. The van der Waals surface area contributed by atoms with Crippen molar-refractivity contribution in [1.82, 2.24) is 19.7 Å². The van der Waals surface area contributed by atoms with Gasteiger partial charge in [-0.1, -0.05) is 13.8 Å². The number of aromatic nitrogens is 3. The Morgan fingerprint density at radius 3 is 2.81 bits per heavy atom. The Labute approximate surface area is 124 Å². The lowest BCUT2D eigenvalue weighted by Gasteiger charge is -2.10. The summed E-state index contributed by atoms with van der Waals surface area (Å²) < 4.78 is 1.89. The maximum atomic E-state index is 11.7. The molecule has 0 aliphatic carbocycles. The molecule has 7 nitrogen and oxygen atoms in total. The number of fused-ring (bicyclic) bond motifs is 1. The van der Waals surface area contributed by atoms with Gasteiger partial charge in [-0.15, -0.1) is 0 Å². The van der Waals surface area contributed by atoms with E-state index in [1.54, 1.807) is 6.20 Å². The molecule has 114 valence electrons. The highest BCUT2D eigenvalue weighted by Crippen LogP contribution is 2.16. The highest BCUT2D eigenvalue weighted by molar-refractivity contribution is 5.81. The second kappa shape index (κ2) is 7.47. The molecule has 3 N–H and O–H groups in total. The van der Waals surface area contributed by atoms with E-state index in [-0.39, 0.29) is 12.5 Å². The molecule has 7 heteroatoms. The van der Waals surface area contributed by atoms with Gasteiger partial charge in [0.25, 0.3) is 0 Å². The molecule has 0 aromatic carbocycles. The van der Waals surface area contributed by atoms with Crippen LogP contribution in [-0.4, -0.2) is 39.9 Å². The molecule has 2 aromatic heterocycles. The van der Waals surface area contributed by atoms with Gasteiger partial charge in [0.1, 0.15) is 5.82 Å². The first-order valence-electron chi connectivity index (χ1n) is 7.32. The quantitative estimate of drug-likeness (QED) is 0.686. The fraction of sp³-hybridized carbons (Fsp3) is 0.500. The number of imidazole rings is 1. The van der Waals surface area contributed by atoms with Crippen molar-refractivity contribution in [2.24, 2.45) is 0 Å². The first-order chi connectivity index (χ1) is 10.2. The molecule has 0 fully saturated rings. The lowest BCUT2D eigenvalue weighted by atomic mass is 10.4. The topological polar surface area (TPSA) is 83.3 Å². The van der Waals surface area contributed by atoms with E-state index in [0.29, 0.717) is 18.0 Å². The normalized spacial score (nSPS) is 10.6. The number of hydrogen-bond donors (Lipinski definition) is 3. The van der Waals surface area contributed by atoms with E-state index in [1.165, 1.54) is 0 Å². The van der Waals surface area contributed by atoms with Crippen LogP contribution in [0.5, 0.6) is 0 Å². The van der Waals surface area contributed by atoms with E-state index in [1.807, 2.05) is 23.7 Å². The van der Waals surface area contributed by atoms with E-state index >= 15 is 0 Å². The molecule has 0 saturated carbocycles. The van der Waals surface area contributed by atoms with Crippen molar-refractivity contribution in [3.8, 4) is 0 Å². The van der Waals surface area contributed by atoms with Crippen LogP contribution >= 0.6 is 0 Å². The number of nitrogens with zero attached hydrogens (tertiary/aromatic N) is 3. The fourth-order valence-electron chi connectivity index (χ4n) is 1.88. The van der Waals surface area contributed by atoms with Crippen LogP contribution in [0, 0.1) is 0 Å². The van der Waals surface area contributed by atoms with Crippen molar-refractivity contribution < 1.29 is 4.79 Å². The van der Waals surface area contributed by atoms with Gasteiger partial charge in [-0.05, 0) is 12.8 Å². The molecular weight excluding hydrogens is 268 g/mol. The molecule has 1 amide bonds. The second-order valence-corrected chi connectivity index (χ2v) is 4.76. The highest BCUT2D eigenvalue weighted by atomic mass is 16.1. The monoisotopic (exact) mass is 290 g/mol. The Balaban J connectivity index is 2.09. The third kappa shape index (κ3) is 4.08. The summed E-state index contributed by atoms with van der Waals surface area (Å²) in [6, 6.07) is 0. The van der Waals surface area contributed by atoms with Gasteiger partial charge in [0.15, 0.2) is 11.5 Å². The van der Waals surface area contributed by atoms with Gasteiger partial charge < -0.3 is 20.4 Å². The SMILES string of the molecule is CCCNC(=O)CNc1nc(NCCC)cn2ccnc12. The van der Waals surface area contributed by atoms with Gasteiger partial charge in [0.2, 0.25) is 5.91 Å². The van der Waals surface area contributed by atoms with Gasteiger partial charge in [-0.25, -0.2) is 9.97 Å². The van der Waals surface area contributed by atoms with Crippen molar-refractivity contribution in [2.75, 3.05) is 30.3 Å². The van der Waals surface area contributed by atoms with Crippen LogP contribution in [-0.2, 0) is 4.79 Å². The molecule has 0 radical (unpaired) electrons. The standard InChI is InChI=1S/C14H22N6O/c1-3-5-15-11-10-20-8-7-17-14(20)13(19-11)18-9-12(21)16-6-4-2/h7-8,10,15H,3-6,9H2,1-2H3,(H,16,21)(H,18,19). The Bertz CT molecular complexity index is 594. The molecular formula is C14H22N6O. The van der Waals surface area contributed by atoms with E-state index in [4.69, 9.17) is 0 Å². The first kappa shape index (κ1) is 15.1. The summed E-state index contributed by atoms with van der Waals surface area (Å²) >= 11 is 0. The number of carbonyl (C=O) groups excluding carboxylic acids is 1. The molecule has 2 heterocycles. The van der Waals surface area contributed by atoms with Gasteiger partial charge in [-0.3, -0.25) is 4.79 Å². The van der Waals surface area contributed by atoms with Crippen LogP contribution in [0.15, 0.2) is 18.6 Å². The molecule has 0 bridgehead atoms. The zero-order chi connectivity index (χ0) is 15.1. The minimum atomic E-state index is -0.0460. The number of carbonyl (C=O) groups is 1. The van der Waals surface area contributed by atoms with Gasteiger partial charge >= 0.3 is 0 Å². The van der Waals surface area contributed by atoms with E-state index in [2.05, 4.69) is 32.8 Å². The zero-order valence-corrected chi connectivity index (χ0v) is 12.5. The largest absolute Gasteiger partial charge is 0.369 e. The number of amides is 1. The van der Waals surface area contributed by atoms with Crippen LogP contribution in [0.2, 0.25) is 0 Å². The third-order valence-corrected chi connectivity index (χ3v) is 2.92. The van der Waals surface area contributed by atoms with Crippen LogP contribution in [0.25, 0.3) is 5.65 Å². The third-order valence-electron chi connectivity index (χ3n) is 2.92. The molecule has 2 aromatic rings. The Morgan fingerprint density at radius 2 is 2.05 bits per heavy atom. The maximum absolute atomic E-state index is 11.7. The smallest absolute Gasteiger partial charge is 0.239 e. The zero-order valence-electron chi connectivity index (χ0n) is 12.5. The van der Waals surface area contributed by atoms with Crippen molar-refractivity contribution >= 4 is 23.2 Å². The molecule has 0 aliphatic heterocycles. The maximum Gasteiger partial charge on any atom is 0.239 e. The molecule has 0 unspecified atom stereocenters. The summed E-state index contributed by atoms with van der Waals surface area (Å²) in [6.07, 6.45) is 7.40. The average Bonchev–Trinajstić information content (AvgIpc) is 2.96. The Kier molecular flexibility index (Phi) is 5.36. The van der Waals surface area contributed by atoms with Crippen molar-refractivity contribution in [3.63, 3.8) is 0 Å². The number of anilines is 2. The van der Waals surface area contributed by atoms with E-state index < -0.39 is 0 Å². The fourth-order valence-corrected chi connectivity index (χ4v) is 1.88. The lowest BCUT2D eigenvalue weighted by Crippen LogP contribution is -2.30. The van der Waals surface area contributed by atoms with Crippen LogP contribution < -0.4 is 16.0 Å². The summed E-state index contributed by atoms with van der Waals surface area (Å²) in [6.45, 7) is 5.84. The highest BCUT2D eigenvalue weighted by Gasteiger charge is 2.08. The average molecular weight is 290 g/mol. The second-order valence-electron chi connectivity index (χ2n) is 4.76. The molecule has 21 heavy (non-hydrogen) atoms. The van der Waals surface area contributed by atoms with Crippen molar-refractivity contribution in [2.45, 2.75) is 26.7 Å². The van der Waals surface area contributed by atoms with Gasteiger partial charge in [-0.2, -0.15) is 0 Å². The number of hydrogen-bond acceptors (Lipinski definition) is 5. The predicted molar refractivity (Wildman–Crippen MR) is 83.6 cm³/mol. The Morgan fingerprint density at radius 1 is 1.24 bits per heavy atom. The number of nitrogens with one attached hydrogen (secondary N) is 3. The van der Waals surface area contributed by atoms with E-state index in [0.717, 1.165) is 25.2 Å². The predicted octanol–water partition coefficient (Wildman–Crippen LogP) is 1.49. The minimum absolute atomic E-state index is 0.0460. The summed E-state index contributed by atoms with van der Waals surface area (Å²) in [5, 5.41) is 9.11. The van der Waals surface area contributed by atoms with Crippen LogP contribution in [0.1, 0.15) is 26.7 Å². The molecule has 0 aliphatic rings. The van der Waals surface area contributed by atoms with Gasteiger partial charge in [0, 0.05) is 25.5 Å². The van der Waals surface area contributed by atoms with Crippen molar-refractivity contribution in [1.29, 1.82) is 0 Å². The van der Waals surface area contributed by atoms with Crippen LogP contribution in [0.3, 0.4) is 0 Å². The van der Waals surface area contributed by atoms with Crippen LogP contribution in [0.4, 0.5) is 11.6 Å². The van der Waals surface area contributed by atoms with Crippen molar-refractivity contribution in [3.05, 3.63) is 18.6 Å². The number of rotatable bonds is 8. The Hall–Kier alpha value is -2.31. The lowest BCUT2D eigenvalue weighted by molar-refractivity contribution is -0.119.